The minimum absolute atomic E-state index is 0. The van der Waals surface area contributed by atoms with Crippen LogP contribution in [-0.2, 0) is 33.5 Å². The topological polar surface area (TPSA) is 286 Å². The molecule has 2 fully saturated rings. The molecule has 0 spiro atoms. The molecule has 2 saturated heterocycles. The molecule has 0 aliphatic carbocycles. The van der Waals surface area contributed by atoms with Crippen LogP contribution in [0.5, 0.6) is 0 Å². The van der Waals surface area contributed by atoms with Crippen LogP contribution in [0.4, 0.5) is 0 Å². The number of unbranched alkanes of at least 4 members (excludes halogenated alkanes) is 3. The smallest absolute Gasteiger partial charge is 0.862 e. The van der Waals surface area contributed by atoms with Gasteiger partial charge in [-0.2, -0.15) is 8.42 Å². The van der Waals surface area contributed by atoms with Gasteiger partial charge in [-0.25, -0.2) is 4.18 Å². The zero-order chi connectivity index (χ0) is 29.2. The first-order valence-electron chi connectivity index (χ1n) is 12.1. The van der Waals surface area contributed by atoms with Crippen molar-refractivity contribution in [3.05, 3.63) is 10.4 Å². The summed E-state index contributed by atoms with van der Waals surface area (Å²) in [6.07, 6.45) is -12.0. The summed E-state index contributed by atoms with van der Waals surface area (Å²) in [4.78, 5) is 6.49. The van der Waals surface area contributed by atoms with Crippen LogP contribution in [0.1, 0.15) is 32.6 Å². The van der Waals surface area contributed by atoms with E-state index >= 15 is 0 Å². The first-order valence-corrected chi connectivity index (χ1v) is 13.5. The second kappa shape index (κ2) is 18.1. The van der Waals surface area contributed by atoms with E-state index in [0.717, 1.165) is 19.8 Å². The molecule has 0 amide bonds. The summed E-state index contributed by atoms with van der Waals surface area (Å²) in [7, 11) is -4.93. The molecule has 2 aliphatic heterocycles. The fraction of sp³-hybridized carbons (Fsp3) is 0.950. The summed E-state index contributed by atoms with van der Waals surface area (Å²) in [5.74, 6) is -0.676. The van der Waals surface area contributed by atoms with Crippen LogP contribution in [0.2, 0.25) is 0 Å². The van der Waals surface area contributed by atoms with E-state index in [-0.39, 0.29) is 36.2 Å². The molecular formula is C20H35N4NaO14S. The molecule has 226 valence electrons. The normalized spacial score (nSPS) is 35.0. The summed E-state index contributed by atoms with van der Waals surface area (Å²) >= 11 is 0. The minimum atomic E-state index is -4.93. The number of azide groups is 1. The number of aliphatic hydroxyl groups excluding tert-OH is 5. The molecule has 10 atom stereocenters. The van der Waals surface area contributed by atoms with Crippen molar-refractivity contribution in [2.24, 2.45) is 10.1 Å². The zero-order valence-corrected chi connectivity index (χ0v) is 24.9. The van der Waals surface area contributed by atoms with E-state index < -0.39 is 90.9 Å². The van der Waals surface area contributed by atoms with Crippen LogP contribution < -0.4 is 34.7 Å². The summed E-state index contributed by atoms with van der Waals surface area (Å²) in [6, 6.07) is -1.32. The Balaban J connectivity index is 0.00000800. The summed E-state index contributed by atoms with van der Waals surface area (Å²) in [5, 5.41) is 66.7. The third kappa shape index (κ3) is 11.5. The van der Waals surface area contributed by atoms with Crippen molar-refractivity contribution in [3.8, 4) is 0 Å². The van der Waals surface area contributed by atoms with Crippen LogP contribution >= 0.6 is 0 Å². The van der Waals surface area contributed by atoms with Gasteiger partial charge in [0.05, 0.1) is 13.2 Å². The number of nitrogens with zero attached hydrogens (tertiary/aromatic N) is 4. The van der Waals surface area contributed by atoms with Gasteiger partial charge in [-0.3, -0.25) is 9.55 Å². The standard InChI is InChI=1S/C20H36N4O14S.Na/c1-10(26)23-13-15(28)18(11(8-25)36-19(13)34-7-5-3-2-4-6-22-24-21)38-20-17(30)16(29)14(27)12(37-20)9-35-39(31,32)33;/h11-20,25,27-30H,2-9H2,1H3,(H,23,26)(H,31,32,33);/q;+1/p-1/t11-,12-,13-,14+,15-,16+,17-,18-,19-,20+;/m1./s1. The predicted octanol–water partition coefficient (Wildman–Crippen LogP) is -5.88. The fourth-order valence-electron chi connectivity index (χ4n) is 4.06. The molecule has 0 aromatic heterocycles. The van der Waals surface area contributed by atoms with Crippen LogP contribution in [0.3, 0.4) is 0 Å². The van der Waals surface area contributed by atoms with E-state index in [1.807, 2.05) is 0 Å². The third-order valence-electron chi connectivity index (χ3n) is 5.99. The van der Waals surface area contributed by atoms with Crippen molar-refractivity contribution in [2.75, 3.05) is 26.4 Å². The molecule has 18 nitrogen and oxygen atoms in total. The Morgan fingerprint density at radius 1 is 1.00 bits per heavy atom. The number of hydrogen-bond donors (Lipinski definition) is 6. The Kier molecular flexibility index (Phi) is 16.9. The molecule has 2 rings (SSSR count). The number of ether oxygens (including phenoxy) is 4. The number of hydrogen-bond acceptors (Lipinski definition) is 15. The summed E-state index contributed by atoms with van der Waals surface area (Å²) < 4.78 is 56.9. The zero-order valence-electron chi connectivity index (χ0n) is 22.1. The Morgan fingerprint density at radius 2 is 1.65 bits per heavy atom. The Bertz CT molecular complexity index is 938. The van der Waals surface area contributed by atoms with Crippen LogP contribution in [0.25, 0.3) is 10.4 Å². The maximum absolute atomic E-state index is 11.8. The van der Waals surface area contributed by atoms with Gasteiger partial charge < -0.3 is 49.6 Å². The van der Waals surface area contributed by atoms with Crippen LogP contribution in [-0.4, -0.2) is 132 Å². The Hall–Kier alpha value is -0.710. The largest absolute Gasteiger partial charge is 1.00 e. The maximum Gasteiger partial charge on any atom is 1.00 e. The second-order valence-electron chi connectivity index (χ2n) is 8.92. The van der Waals surface area contributed by atoms with Crippen molar-refractivity contribution in [1.29, 1.82) is 0 Å². The minimum Gasteiger partial charge on any atom is -0.862 e. The van der Waals surface area contributed by atoms with Gasteiger partial charge in [-0.05, 0) is 31.2 Å². The molecule has 2 aliphatic rings. The molecule has 0 aromatic carbocycles. The van der Waals surface area contributed by atoms with Crippen molar-refractivity contribution < 1.29 is 96.3 Å². The van der Waals surface area contributed by atoms with Gasteiger partial charge in [0.1, 0.15) is 48.8 Å². The van der Waals surface area contributed by atoms with Crippen molar-refractivity contribution in [1.82, 2.24) is 0 Å². The average Bonchev–Trinajstić information content (AvgIpc) is 2.87. The molecule has 0 unspecified atom stereocenters. The van der Waals surface area contributed by atoms with Crippen molar-refractivity contribution >= 4 is 16.3 Å². The van der Waals surface area contributed by atoms with Gasteiger partial charge in [-0.1, -0.05) is 18.0 Å². The molecule has 0 aromatic rings. The van der Waals surface area contributed by atoms with E-state index in [4.69, 9.17) is 29.0 Å². The van der Waals surface area contributed by atoms with Gasteiger partial charge in [-0.15, -0.1) is 0 Å². The molecule has 40 heavy (non-hydrogen) atoms. The fourth-order valence-corrected chi connectivity index (χ4v) is 4.37. The molecule has 0 saturated carbocycles. The maximum atomic E-state index is 11.8. The van der Waals surface area contributed by atoms with E-state index in [9.17, 15) is 39.1 Å². The number of aliphatic imine (C=N–C) groups is 1. The van der Waals surface area contributed by atoms with E-state index in [1.54, 1.807) is 0 Å². The van der Waals surface area contributed by atoms with Crippen molar-refractivity contribution in [2.45, 2.75) is 94.0 Å². The van der Waals surface area contributed by atoms with Gasteiger partial charge in [0.2, 0.25) is 0 Å². The van der Waals surface area contributed by atoms with E-state index in [2.05, 4.69) is 19.2 Å². The molecule has 2 heterocycles. The van der Waals surface area contributed by atoms with Gasteiger partial charge >= 0.3 is 40.0 Å². The van der Waals surface area contributed by atoms with E-state index in [1.165, 1.54) is 0 Å². The molecule has 0 bridgehead atoms. The Morgan fingerprint density at radius 3 is 2.25 bits per heavy atom. The van der Waals surface area contributed by atoms with Gasteiger partial charge in [0.25, 0.3) is 0 Å². The van der Waals surface area contributed by atoms with Crippen molar-refractivity contribution in [3.63, 3.8) is 0 Å². The molecular weight excluding hydrogens is 575 g/mol. The van der Waals surface area contributed by atoms with Gasteiger partial charge in [0.15, 0.2) is 12.6 Å². The van der Waals surface area contributed by atoms with E-state index in [0.29, 0.717) is 19.4 Å². The second-order valence-corrected chi connectivity index (χ2v) is 10.0. The Labute approximate surface area is 252 Å². The SMILES string of the molecule is CC([O-])=N[C@H]1[C@H](OCCCCCCN=[N+]=[N-])O[C@H](CO)[C@@H](O[C@@H]2O[C@H](COS(=O)(=O)O)[C@H](O)[C@H](O)[C@H]2O)[C@@H]1O.[Na+]. The summed E-state index contributed by atoms with van der Waals surface area (Å²) in [5.41, 5.74) is 8.28. The van der Waals surface area contributed by atoms with Crippen LogP contribution in [0.15, 0.2) is 10.1 Å². The summed E-state index contributed by atoms with van der Waals surface area (Å²) in [6.45, 7) is -0.0285. The molecule has 6 N–H and O–H groups in total. The van der Waals surface area contributed by atoms with Gasteiger partial charge in [0, 0.05) is 18.1 Å². The molecule has 20 heteroatoms. The first kappa shape index (κ1) is 37.3. The monoisotopic (exact) mass is 610 g/mol. The third-order valence-corrected chi connectivity index (χ3v) is 6.42. The quantitative estimate of drug-likeness (QED) is 0.0147. The number of rotatable bonds is 15. The number of aliphatic hydroxyl groups is 5. The average molecular weight is 611 g/mol. The molecule has 0 radical (unpaired) electrons. The first-order chi connectivity index (χ1) is 18.4. The van der Waals surface area contributed by atoms with Crippen LogP contribution in [0, 0.1) is 0 Å². The predicted molar refractivity (Wildman–Crippen MR) is 126 cm³/mol.